The molecule has 0 unspecified atom stereocenters. The van der Waals surface area contributed by atoms with Gasteiger partial charge in [0.15, 0.2) is 9.84 Å². The molecule has 27 heavy (non-hydrogen) atoms. The summed E-state index contributed by atoms with van der Waals surface area (Å²) in [5, 5.41) is 0.599. The zero-order valence-corrected chi connectivity index (χ0v) is 16.9. The number of aryl methyl sites for hydroxylation is 1. The van der Waals surface area contributed by atoms with Crippen LogP contribution in [0.15, 0.2) is 53.1 Å². The molecule has 0 N–H and O–H groups in total. The number of rotatable bonds is 4. The topological polar surface area (TPSA) is 69.7 Å². The highest BCUT2D eigenvalue weighted by Crippen LogP contribution is 2.40. The Hall–Kier alpha value is -2.31. The van der Waals surface area contributed by atoms with E-state index in [9.17, 15) is 13.2 Å². The molecule has 2 aromatic carbocycles. The molecular formula is C20H19ClO5S. The van der Waals surface area contributed by atoms with Crippen LogP contribution in [-0.4, -0.2) is 26.2 Å². The molecule has 7 heteroatoms. The van der Waals surface area contributed by atoms with E-state index in [1.165, 1.54) is 12.1 Å². The molecule has 0 aliphatic carbocycles. The van der Waals surface area contributed by atoms with Gasteiger partial charge in [-0.25, -0.2) is 13.2 Å². The monoisotopic (exact) mass is 406 g/mol. The maximum Gasteiger partial charge on any atom is 0.375 e. The second-order valence-electron chi connectivity index (χ2n) is 6.91. The van der Waals surface area contributed by atoms with Crippen LogP contribution in [0.5, 0.6) is 5.75 Å². The average Bonchev–Trinajstić information content (AvgIpc) is 2.78. The quantitative estimate of drug-likeness (QED) is 0.712. The summed E-state index contributed by atoms with van der Waals surface area (Å²) < 4.78 is 34.7. The zero-order chi connectivity index (χ0) is 20.0. The van der Waals surface area contributed by atoms with Crippen molar-refractivity contribution in [3.05, 3.63) is 64.4 Å². The average molecular weight is 407 g/mol. The molecular weight excluding hydrogens is 388 g/mol. The third kappa shape index (κ3) is 3.87. The first-order chi connectivity index (χ1) is 12.5. The lowest BCUT2D eigenvalue weighted by Crippen LogP contribution is -2.22. The van der Waals surface area contributed by atoms with Crippen LogP contribution in [0.25, 0.3) is 5.57 Å². The highest BCUT2D eigenvalue weighted by Gasteiger charge is 2.43. The van der Waals surface area contributed by atoms with Gasteiger partial charge in [0.2, 0.25) is 5.76 Å². The first kappa shape index (κ1) is 19.5. The molecule has 0 radical (unpaired) electrons. The number of hydrogen-bond donors (Lipinski definition) is 0. The van der Waals surface area contributed by atoms with Crippen molar-refractivity contribution in [1.29, 1.82) is 0 Å². The SMILES string of the molecule is Cc1cc(OC2=C(c3ccc(S(C)(=O)=O)cc3)C(C)(C)OC2=O)ccc1Cl. The van der Waals surface area contributed by atoms with Crippen LogP contribution in [0.4, 0.5) is 0 Å². The first-order valence-electron chi connectivity index (χ1n) is 8.21. The van der Waals surface area contributed by atoms with E-state index in [-0.39, 0.29) is 10.7 Å². The van der Waals surface area contributed by atoms with E-state index >= 15 is 0 Å². The van der Waals surface area contributed by atoms with Gasteiger partial charge in [-0.05, 0) is 62.2 Å². The minimum absolute atomic E-state index is 0.0776. The number of carbonyl (C=O) groups excluding carboxylic acids is 1. The summed E-state index contributed by atoms with van der Waals surface area (Å²) in [5.41, 5.74) is 1.11. The number of halogens is 1. The van der Waals surface area contributed by atoms with Crippen molar-refractivity contribution >= 4 is 33.0 Å². The zero-order valence-electron chi connectivity index (χ0n) is 15.4. The van der Waals surface area contributed by atoms with Crippen molar-refractivity contribution in [2.24, 2.45) is 0 Å². The van der Waals surface area contributed by atoms with Crippen LogP contribution in [0.2, 0.25) is 5.02 Å². The number of hydrogen-bond acceptors (Lipinski definition) is 5. The van der Waals surface area contributed by atoms with Gasteiger partial charge in [0.1, 0.15) is 11.4 Å². The maximum atomic E-state index is 12.4. The van der Waals surface area contributed by atoms with Gasteiger partial charge in [0.25, 0.3) is 0 Å². The molecule has 142 valence electrons. The molecule has 0 spiro atoms. The van der Waals surface area contributed by atoms with Crippen LogP contribution in [0.3, 0.4) is 0 Å². The van der Waals surface area contributed by atoms with E-state index in [0.29, 0.717) is 21.9 Å². The molecule has 0 aromatic heterocycles. The van der Waals surface area contributed by atoms with Gasteiger partial charge >= 0.3 is 5.97 Å². The fourth-order valence-corrected chi connectivity index (χ4v) is 3.69. The first-order valence-corrected chi connectivity index (χ1v) is 10.5. The maximum absolute atomic E-state index is 12.4. The Labute approximate surface area is 163 Å². The lowest BCUT2D eigenvalue weighted by atomic mass is 9.92. The second-order valence-corrected chi connectivity index (χ2v) is 9.34. The van der Waals surface area contributed by atoms with E-state index in [1.54, 1.807) is 44.2 Å². The predicted octanol–water partition coefficient (Wildman–Crippen LogP) is 4.18. The summed E-state index contributed by atoms with van der Waals surface area (Å²) in [5.74, 6) is -0.0320. The molecule has 0 amide bonds. The Kier molecular flexibility index (Phi) is 4.82. The van der Waals surface area contributed by atoms with Crippen LogP contribution in [0.1, 0.15) is 25.0 Å². The summed E-state index contributed by atoms with van der Waals surface area (Å²) in [6.45, 7) is 5.35. The van der Waals surface area contributed by atoms with E-state index in [1.807, 2.05) is 6.92 Å². The summed E-state index contributed by atoms with van der Waals surface area (Å²) in [4.78, 5) is 12.6. The van der Waals surface area contributed by atoms with Crippen molar-refractivity contribution in [3.63, 3.8) is 0 Å². The summed E-state index contributed by atoms with van der Waals surface area (Å²) in [7, 11) is -3.31. The van der Waals surface area contributed by atoms with Crippen molar-refractivity contribution in [2.45, 2.75) is 31.3 Å². The standard InChI is InChI=1S/C20H19ClO5S/c1-12-11-14(7-10-16(12)21)25-18-17(20(2,3)26-19(18)22)13-5-8-15(9-6-13)27(4,23)24/h5-11H,1-4H3. The van der Waals surface area contributed by atoms with Crippen molar-refractivity contribution in [1.82, 2.24) is 0 Å². The fraction of sp³-hybridized carbons (Fsp3) is 0.250. The largest absolute Gasteiger partial charge is 0.449 e. The summed E-state index contributed by atoms with van der Waals surface area (Å²) in [6.07, 6.45) is 1.14. The highest BCUT2D eigenvalue weighted by atomic mass is 35.5. The number of cyclic esters (lactones) is 1. The lowest BCUT2D eigenvalue weighted by Gasteiger charge is -2.21. The number of carbonyl (C=O) groups is 1. The minimum atomic E-state index is -3.31. The number of esters is 1. The molecule has 0 bridgehead atoms. The molecule has 1 heterocycles. The van der Waals surface area contributed by atoms with E-state index in [2.05, 4.69) is 0 Å². The van der Waals surface area contributed by atoms with Crippen molar-refractivity contribution in [2.75, 3.05) is 6.26 Å². The molecule has 2 aromatic rings. The summed E-state index contributed by atoms with van der Waals surface area (Å²) >= 11 is 6.04. The Balaban J connectivity index is 2.08. The fourth-order valence-electron chi connectivity index (χ4n) is 2.94. The number of sulfone groups is 1. The third-order valence-electron chi connectivity index (χ3n) is 4.28. The van der Waals surface area contributed by atoms with E-state index in [4.69, 9.17) is 21.1 Å². The lowest BCUT2D eigenvalue weighted by molar-refractivity contribution is -0.145. The Morgan fingerprint density at radius 3 is 2.26 bits per heavy atom. The van der Waals surface area contributed by atoms with Gasteiger partial charge in [-0.15, -0.1) is 0 Å². The molecule has 3 rings (SSSR count). The number of benzene rings is 2. The normalized spacial score (nSPS) is 16.4. The van der Waals surface area contributed by atoms with Crippen LogP contribution in [-0.2, 0) is 19.4 Å². The van der Waals surface area contributed by atoms with Crippen LogP contribution < -0.4 is 4.74 Å². The molecule has 1 aliphatic heterocycles. The molecule has 0 atom stereocenters. The van der Waals surface area contributed by atoms with E-state index < -0.39 is 21.4 Å². The summed E-state index contributed by atoms with van der Waals surface area (Å²) in [6, 6.07) is 11.4. The van der Waals surface area contributed by atoms with E-state index in [0.717, 1.165) is 11.8 Å². The Morgan fingerprint density at radius 2 is 1.70 bits per heavy atom. The van der Waals surface area contributed by atoms with Gasteiger partial charge in [-0.1, -0.05) is 23.7 Å². The Morgan fingerprint density at radius 1 is 1.07 bits per heavy atom. The van der Waals surface area contributed by atoms with Crippen LogP contribution in [0, 0.1) is 6.92 Å². The minimum Gasteiger partial charge on any atom is -0.449 e. The number of ether oxygens (including phenoxy) is 2. The molecule has 0 saturated heterocycles. The van der Waals surface area contributed by atoms with Gasteiger partial charge in [-0.2, -0.15) is 0 Å². The molecule has 0 saturated carbocycles. The third-order valence-corrected chi connectivity index (χ3v) is 5.84. The smallest absolute Gasteiger partial charge is 0.375 e. The predicted molar refractivity (Wildman–Crippen MR) is 103 cm³/mol. The van der Waals surface area contributed by atoms with Gasteiger partial charge in [0, 0.05) is 11.3 Å². The highest BCUT2D eigenvalue weighted by molar-refractivity contribution is 7.90. The molecule has 5 nitrogen and oxygen atoms in total. The van der Waals surface area contributed by atoms with Gasteiger partial charge in [-0.3, -0.25) is 0 Å². The van der Waals surface area contributed by atoms with Crippen molar-refractivity contribution in [3.8, 4) is 5.75 Å². The van der Waals surface area contributed by atoms with Gasteiger partial charge < -0.3 is 9.47 Å². The van der Waals surface area contributed by atoms with Crippen LogP contribution >= 0.6 is 11.6 Å². The second kappa shape index (κ2) is 6.69. The molecule has 1 aliphatic rings. The van der Waals surface area contributed by atoms with Crippen molar-refractivity contribution < 1.29 is 22.7 Å². The van der Waals surface area contributed by atoms with Gasteiger partial charge in [0.05, 0.1) is 10.5 Å². The Bertz CT molecular complexity index is 1050. The molecule has 0 fully saturated rings.